The molecule has 1 aromatic carbocycles. The second-order valence-electron chi connectivity index (χ2n) is 6.99. The Bertz CT molecular complexity index is 836. The van der Waals surface area contributed by atoms with Gasteiger partial charge in [0, 0.05) is 37.0 Å². The minimum Gasteiger partial charge on any atom is -0.379 e. The van der Waals surface area contributed by atoms with Crippen LogP contribution in [-0.4, -0.2) is 50.7 Å². The number of sulfonamides is 1. The highest BCUT2D eigenvalue weighted by molar-refractivity contribution is 7.89. The van der Waals surface area contributed by atoms with Gasteiger partial charge in [-0.05, 0) is 31.0 Å². The van der Waals surface area contributed by atoms with E-state index in [2.05, 4.69) is 5.32 Å². The first-order valence-electron chi connectivity index (χ1n) is 9.00. The zero-order valence-electron chi connectivity index (χ0n) is 15.1. The second-order valence-corrected chi connectivity index (χ2v) is 9.30. The van der Waals surface area contributed by atoms with Crippen molar-refractivity contribution < 1.29 is 22.7 Å². The molecule has 0 unspecified atom stereocenters. The van der Waals surface area contributed by atoms with Crippen LogP contribution in [0.3, 0.4) is 0 Å². The summed E-state index contributed by atoms with van der Waals surface area (Å²) in [6.45, 7) is 3.04. The van der Waals surface area contributed by atoms with Gasteiger partial charge in [0.2, 0.25) is 15.9 Å². The van der Waals surface area contributed by atoms with Crippen LogP contribution in [0.5, 0.6) is 0 Å². The van der Waals surface area contributed by atoms with Crippen molar-refractivity contribution in [3.8, 4) is 0 Å². The van der Waals surface area contributed by atoms with Crippen LogP contribution in [0.15, 0.2) is 23.1 Å². The molecule has 1 saturated heterocycles. The molecule has 2 atom stereocenters. The SMILES string of the molecule is C[C@@H]1C[C@@H](C(=O)Nc2ccc(Cl)c(S(=O)(=O)N3CCOCC3)c2)CCC1=O. The van der Waals surface area contributed by atoms with Crippen LogP contribution in [-0.2, 0) is 24.3 Å². The highest BCUT2D eigenvalue weighted by Crippen LogP contribution is 2.30. The Balaban J connectivity index is 1.77. The molecule has 1 saturated carbocycles. The van der Waals surface area contributed by atoms with E-state index in [1.807, 2.05) is 6.92 Å². The van der Waals surface area contributed by atoms with E-state index in [4.69, 9.17) is 16.3 Å². The summed E-state index contributed by atoms with van der Waals surface area (Å²) < 4.78 is 32.3. The number of hydrogen-bond acceptors (Lipinski definition) is 5. The van der Waals surface area contributed by atoms with Gasteiger partial charge in [0.25, 0.3) is 0 Å². The topological polar surface area (TPSA) is 92.8 Å². The first-order chi connectivity index (χ1) is 12.8. The monoisotopic (exact) mass is 414 g/mol. The van der Waals surface area contributed by atoms with E-state index in [-0.39, 0.29) is 46.5 Å². The lowest BCUT2D eigenvalue weighted by molar-refractivity contribution is -0.128. The van der Waals surface area contributed by atoms with Gasteiger partial charge >= 0.3 is 0 Å². The zero-order valence-corrected chi connectivity index (χ0v) is 16.7. The van der Waals surface area contributed by atoms with Crippen LogP contribution in [0, 0.1) is 11.8 Å². The lowest BCUT2D eigenvalue weighted by atomic mass is 9.81. The fourth-order valence-corrected chi connectivity index (χ4v) is 5.33. The predicted octanol–water partition coefficient (Wildman–Crippen LogP) is 2.30. The Morgan fingerprint density at radius 2 is 2.00 bits per heavy atom. The Hall–Kier alpha value is -1.48. The summed E-state index contributed by atoms with van der Waals surface area (Å²) in [6.07, 6.45) is 1.43. The molecule has 1 N–H and O–H groups in total. The molecule has 1 aromatic rings. The molecule has 1 amide bonds. The van der Waals surface area contributed by atoms with Crippen molar-refractivity contribution in [3.05, 3.63) is 23.2 Å². The summed E-state index contributed by atoms with van der Waals surface area (Å²) in [5.74, 6) is -0.402. The lowest BCUT2D eigenvalue weighted by Gasteiger charge is -2.27. The number of hydrogen-bond donors (Lipinski definition) is 1. The van der Waals surface area contributed by atoms with Crippen LogP contribution >= 0.6 is 11.6 Å². The van der Waals surface area contributed by atoms with Gasteiger partial charge in [-0.2, -0.15) is 4.31 Å². The number of ether oxygens (including phenoxy) is 1. The van der Waals surface area contributed by atoms with Gasteiger partial charge in [-0.3, -0.25) is 9.59 Å². The molecule has 2 fully saturated rings. The number of morpholine rings is 1. The van der Waals surface area contributed by atoms with Crippen LogP contribution in [0.25, 0.3) is 0 Å². The van der Waals surface area contributed by atoms with Crippen LogP contribution < -0.4 is 5.32 Å². The molecule has 27 heavy (non-hydrogen) atoms. The number of halogens is 1. The number of nitrogens with one attached hydrogen (secondary N) is 1. The van der Waals surface area contributed by atoms with Crippen molar-refractivity contribution in [2.75, 3.05) is 31.6 Å². The molecule has 1 heterocycles. The maximum absolute atomic E-state index is 12.9. The van der Waals surface area contributed by atoms with E-state index < -0.39 is 10.0 Å². The number of benzene rings is 1. The number of amides is 1. The van der Waals surface area contributed by atoms with Crippen molar-refractivity contribution in [1.82, 2.24) is 4.31 Å². The molecule has 0 aromatic heterocycles. The maximum Gasteiger partial charge on any atom is 0.244 e. The van der Waals surface area contributed by atoms with E-state index in [0.717, 1.165) is 0 Å². The van der Waals surface area contributed by atoms with E-state index in [1.54, 1.807) is 6.07 Å². The van der Waals surface area contributed by atoms with E-state index in [0.29, 0.717) is 38.2 Å². The van der Waals surface area contributed by atoms with Crippen LogP contribution in [0.1, 0.15) is 26.2 Å². The van der Waals surface area contributed by atoms with Gasteiger partial charge in [0.15, 0.2) is 0 Å². The van der Waals surface area contributed by atoms with Gasteiger partial charge in [0.05, 0.1) is 18.2 Å². The molecule has 0 bridgehead atoms. The third-order valence-electron chi connectivity index (χ3n) is 5.08. The molecular formula is C18H23ClN2O5S. The van der Waals surface area contributed by atoms with Crippen molar-refractivity contribution in [2.24, 2.45) is 11.8 Å². The molecule has 0 radical (unpaired) electrons. The summed E-state index contributed by atoms with van der Waals surface area (Å²) in [5, 5.41) is 2.88. The number of carbonyl (C=O) groups is 2. The smallest absolute Gasteiger partial charge is 0.244 e. The summed E-state index contributed by atoms with van der Waals surface area (Å²) in [7, 11) is -3.77. The van der Waals surface area contributed by atoms with Crippen molar-refractivity contribution in [1.29, 1.82) is 0 Å². The molecule has 0 spiro atoms. The fraction of sp³-hybridized carbons (Fsp3) is 0.556. The van der Waals surface area contributed by atoms with Crippen molar-refractivity contribution >= 4 is 39.0 Å². The summed E-state index contributed by atoms with van der Waals surface area (Å²) in [4.78, 5) is 24.1. The molecule has 3 rings (SSSR count). The minimum atomic E-state index is -3.77. The summed E-state index contributed by atoms with van der Waals surface area (Å²) in [6, 6.07) is 4.44. The zero-order chi connectivity index (χ0) is 19.6. The third-order valence-corrected chi connectivity index (χ3v) is 7.46. The lowest BCUT2D eigenvalue weighted by Crippen LogP contribution is -2.40. The first kappa shape index (κ1) is 20.3. The molecular weight excluding hydrogens is 392 g/mol. The average molecular weight is 415 g/mol. The quantitative estimate of drug-likeness (QED) is 0.816. The average Bonchev–Trinajstić information content (AvgIpc) is 2.66. The minimum absolute atomic E-state index is 0.0314. The maximum atomic E-state index is 12.9. The molecule has 9 heteroatoms. The molecule has 1 aliphatic carbocycles. The number of rotatable bonds is 4. The predicted molar refractivity (Wildman–Crippen MR) is 101 cm³/mol. The molecule has 7 nitrogen and oxygen atoms in total. The summed E-state index contributed by atoms with van der Waals surface area (Å²) >= 11 is 6.13. The number of nitrogens with zero attached hydrogens (tertiary/aromatic N) is 1. The first-order valence-corrected chi connectivity index (χ1v) is 10.8. The Morgan fingerprint density at radius 3 is 2.67 bits per heavy atom. The number of carbonyl (C=O) groups excluding carboxylic acids is 2. The number of Topliss-reactive ketones (excluding diaryl/α,β-unsaturated/α-hetero) is 1. The van der Waals surface area contributed by atoms with Crippen molar-refractivity contribution in [2.45, 2.75) is 31.1 Å². The van der Waals surface area contributed by atoms with Crippen LogP contribution in [0.4, 0.5) is 5.69 Å². The number of anilines is 1. The Labute approximate surface area is 164 Å². The second kappa shape index (κ2) is 8.26. The Morgan fingerprint density at radius 1 is 1.30 bits per heavy atom. The highest BCUT2D eigenvalue weighted by atomic mass is 35.5. The van der Waals surface area contributed by atoms with Gasteiger partial charge in [-0.1, -0.05) is 18.5 Å². The summed E-state index contributed by atoms with van der Waals surface area (Å²) in [5.41, 5.74) is 0.376. The largest absolute Gasteiger partial charge is 0.379 e. The standard InChI is InChI=1S/C18H23ClN2O5S/c1-12-10-13(2-5-16(12)22)18(23)20-14-3-4-15(19)17(11-14)27(24,25)21-6-8-26-9-7-21/h3-4,11-13H,2,5-10H2,1H3,(H,20,23)/t12-,13+/m1/s1. The van der Waals surface area contributed by atoms with E-state index in [9.17, 15) is 18.0 Å². The number of ketones is 1. The van der Waals surface area contributed by atoms with E-state index in [1.165, 1.54) is 16.4 Å². The molecule has 1 aliphatic heterocycles. The molecule has 148 valence electrons. The Kier molecular flexibility index (Phi) is 6.20. The molecule has 2 aliphatic rings. The third kappa shape index (κ3) is 4.51. The van der Waals surface area contributed by atoms with Gasteiger partial charge in [-0.15, -0.1) is 0 Å². The van der Waals surface area contributed by atoms with Gasteiger partial charge < -0.3 is 10.1 Å². The van der Waals surface area contributed by atoms with E-state index >= 15 is 0 Å². The van der Waals surface area contributed by atoms with Crippen LogP contribution in [0.2, 0.25) is 5.02 Å². The highest BCUT2D eigenvalue weighted by Gasteiger charge is 2.31. The van der Waals surface area contributed by atoms with Gasteiger partial charge in [-0.25, -0.2) is 8.42 Å². The fourth-order valence-electron chi connectivity index (χ4n) is 3.43. The van der Waals surface area contributed by atoms with Crippen molar-refractivity contribution in [3.63, 3.8) is 0 Å². The van der Waals surface area contributed by atoms with Gasteiger partial charge in [0.1, 0.15) is 10.7 Å². The normalized spacial score (nSPS) is 24.6.